The summed E-state index contributed by atoms with van der Waals surface area (Å²) in [5, 5.41) is 0. The maximum atomic E-state index is 10.9. The Morgan fingerprint density at radius 3 is 2.60 bits per heavy atom. The highest BCUT2D eigenvalue weighted by atomic mass is 16.7. The van der Waals surface area contributed by atoms with E-state index in [1.54, 1.807) is 18.3 Å². The Labute approximate surface area is 214 Å². The molecule has 0 N–H and O–H groups in total. The molecule has 4 rings (SSSR count). The van der Waals surface area contributed by atoms with Crippen LogP contribution in [0.3, 0.4) is 0 Å². The molecule has 0 aromatic heterocycles. The number of rotatable bonds is 11. The SMILES string of the molecule is COCO[C@H]1CC[C@@]2(C)C(=CC=C3C2CC[C@]2(C)[C@@H]([C@H](C)CCCCCCOC(C)=O)CC[C@@H]32)C1. The predicted octanol–water partition coefficient (Wildman–Crippen LogP) is 7.62. The van der Waals surface area contributed by atoms with Crippen LogP contribution in [0, 0.1) is 34.5 Å². The fourth-order valence-corrected chi connectivity index (χ4v) is 8.59. The third kappa shape index (κ3) is 5.59. The molecule has 0 aromatic rings. The standard InChI is InChI=1S/C31H50O4/c1-22(10-8-6-7-9-19-34-23(2)32)27-13-14-28-26-12-11-24-20-25(35-21-33-5)15-17-30(24,3)29(26)16-18-31(27,28)4/h11-12,22,25,27-29H,6-10,13-21H2,1-5H3/t22-,25+,27-,28+,29?,30+,31-/m1/s1. The van der Waals surface area contributed by atoms with Gasteiger partial charge in [0.2, 0.25) is 0 Å². The highest BCUT2D eigenvalue weighted by molar-refractivity contribution is 5.65. The molecule has 0 radical (unpaired) electrons. The van der Waals surface area contributed by atoms with E-state index in [2.05, 4.69) is 32.9 Å². The van der Waals surface area contributed by atoms with Crippen LogP contribution in [0.15, 0.2) is 23.3 Å². The van der Waals surface area contributed by atoms with E-state index < -0.39 is 0 Å². The maximum Gasteiger partial charge on any atom is 0.302 e. The van der Waals surface area contributed by atoms with Crippen molar-refractivity contribution in [3.8, 4) is 0 Å². The van der Waals surface area contributed by atoms with Crippen molar-refractivity contribution in [2.24, 2.45) is 34.5 Å². The molecule has 4 nitrogen and oxygen atoms in total. The zero-order valence-corrected chi connectivity index (χ0v) is 23.1. The van der Waals surface area contributed by atoms with Crippen LogP contribution in [0.2, 0.25) is 0 Å². The van der Waals surface area contributed by atoms with Crippen LogP contribution in [0.25, 0.3) is 0 Å². The van der Waals surface area contributed by atoms with Gasteiger partial charge >= 0.3 is 5.97 Å². The molecule has 3 saturated carbocycles. The summed E-state index contributed by atoms with van der Waals surface area (Å²) in [5.41, 5.74) is 4.21. The lowest BCUT2D eigenvalue weighted by Gasteiger charge is -2.55. The van der Waals surface area contributed by atoms with Gasteiger partial charge in [-0.1, -0.05) is 69.8 Å². The Bertz CT molecular complexity index is 800. The van der Waals surface area contributed by atoms with Crippen LogP contribution in [0.1, 0.15) is 105 Å². The average molecular weight is 487 g/mol. The van der Waals surface area contributed by atoms with Gasteiger partial charge in [-0.25, -0.2) is 0 Å². The van der Waals surface area contributed by atoms with Crippen LogP contribution >= 0.6 is 0 Å². The third-order valence-corrected chi connectivity index (χ3v) is 10.6. The molecule has 7 atom stereocenters. The van der Waals surface area contributed by atoms with E-state index in [0.717, 1.165) is 42.9 Å². The van der Waals surface area contributed by atoms with Crippen molar-refractivity contribution in [1.82, 2.24) is 0 Å². The molecule has 0 spiro atoms. The van der Waals surface area contributed by atoms with Gasteiger partial charge in [-0.15, -0.1) is 0 Å². The maximum absolute atomic E-state index is 10.9. The lowest BCUT2D eigenvalue weighted by Crippen LogP contribution is -2.46. The fraction of sp³-hybridized carbons (Fsp3) is 0.839. The summed E-state index contributed by atoms with van der Waals surface area (Å²) in [6, 6.07) is 0. The van der Waals surface area contributed by atoms with Crippen molar-refractivity contribution < 1.29 is 19.0 Å². The van der Waals surface area contributed by atoms with Gasteiger partial charge in [-0.05, 0) is 85.9 Å². The van der Waals surface area contributed by atoms with Crippen LogP contribution in [0.5, 0.6) is 0 Å². The predicted molar refractivity (Wildman–Crippen MR) is 141 cm³/mol. The van der Waals surface area contributed by atoms with Gasteiger partial charge in [0.05, 0.1) is 12.7 Å². The summed E-state index contributed by atoms with van der Waals surface area (Å²) in [4.78, 5) is 10.9. The number of hydrogen-bond donors (Lipinski definition) is 0. The van der Waals surface area contributed by atoms with Gasteiger partial charge in [-0.3, -0.25) is 4.79 Å². The van der Waals surface area contributed by atoms with Gasteiger partial charge in [-0.2, -0.15) is 0 Å². The Morgan fingerprint density at radius 1 is 1.03 bits per heavy atom. The molecule has 0 saturated heterocycles. The van der Waals surface area contributed by atoms with Crippen LogP contribution in [-0.4, -0.2) is 32.6 Å². The highest BCUT2D eigenvalue weighted by Crippen LogP contribution is 2.66. The second-order valence-corrected chi connectivity index (χ2v) is 12.6. The normalized spacial score (nSPS) is 36.9. The lowest BCUT2D eigenvalue weighted by molar-refractivity contribution is -0.141. The van der Waals surface area contributed by atoms with Gasteiger partial charge < -0.3 is 14.2 Å². The molecule has 4 aliphatic rings. The summed E-state index contributed by atoms with van der Waals surface area (Å²) < 4.78 is 16.2. The number of carbonyl (C=O) groups is 1. The van der Waals surface area contributed by atoms with Crippen LogP contribution < -0.4 is 0 Å². The van der Waals surface area contributed by atoms with E-state index in [1.165, 1.54) is 64.7 Å². The first-order valence-corrected chi connectivity index (χ1v) is 14.4. The Kier molecular flexibility index (Phi) is 8.85. The molecular weight excluding hydrogens is 436 g/mol. The van der Waals surface area contributed by atoms with E-state index in [4.69, 9.17) is 14.2 Å². The third-order valence-electron chi connectivity index (χ3n) is 10.6. The van der Waals surface area contributed by atoms with Gasteiger partial charge in [0, 0.05) is 14.0 Å². The zero-order chi connectivity index (χ0) is 25.1. The first kappa shape index (κ1) is 26.9. The number of ether oxygens (including phenoxy) is 3. The minimum atomic E-state index is -0.157. The number of esters is 1. The summed E-state index contributed by atoms with van der Waals surface area (Å²) in [7, 11) is 1.71. The Morgan fingerprint density at radius 2 is 1.83 bits per heavy atom. The number of unbranched alkanes of at least 4 members (excludes halogenated alkanes) is 3. The van der Waals surface area contributed by atoms with Crippen LogP contribution in [0.4, 0.5) is 0 Å². The molecule has 0 heterocycles. The summed E-state index contributed by atoms with van der Waals surface area (Å²) in [6.45, 7) is 10.2. The second kappa shape index (κ2) is 11.5. The first-order valence-electron chi connectivity index (χ1n) is 14.4. The number of methoxy groups -OCH3 is 1. The largest absolute Gasteiger partial charge is 0.466 e. The summed E-state index contributed by atoms with van der Waals surface area (Å²) in [5.74, 6) is 3.00. The van der Waals surface area contributed by atoms with E-state index in [-0.39, 0.29) is 5.97 Å². The minimum absolute atomic E-state index is 0.157. The topological polar surface area (TPSA) is 44.8 Å². The van der Waals surface area contributed by atoms with Crippen LogP contribution in [-0.2, 0) is 19.0 Å². The van der Waals surface area contributed by atoms with Crippen molar-refractivity contribution in [1.29, 1.82) is 0 Å². The van der Waals surface area contributed by atoms with Crippen molar-refractivity contribution in [2.45, 2.75) is 111 Å². The zero-order valence-electron chi connectivity index (χ0n) is 23.1. The lowest BCUT2D eigenvalue weighted by atomic mass is 9.50. The Hall–Kier alpha value is -1.13. The highest BCUT2D eigenvalue weighted by Gasteiger charge is 2.56. The minimum Gasteiger partial charge on any atom is -0.466 e. The van der Waals surface area contributed by atoms with E-state index in [9.17, 15) is 4.79 Å². The summed E-state index contributed by atoms with van der Waals surface area (Å²) in [6.07, 6.45) is 20.4. The van der Waals surface area contributed by atoms with Gasteiger partial charge in [0.1, 0.15) is 6.79 Å². The molecule has 4 aliphatic carbocycles. The first-order chi connectivity index (χ1) is 16.8. The second-order valence-electron chi connectivity index (χ2n) is 12.6. The summed E-state index contributed by atoms with van der Waals surface area (Å²) >= 11 is 0. The van der Waals surface area contributed by atoms with E-state index in [0.29, 0.717) is 30.3 Å². The molecule has 0 bridgehead atoms. The number of carbonyl (C=O) groups excluding carboxylic acids is 1. The van der Waals surface area contributed by atoms with Crippen molar-refractivity contribution in [3.63, 3.8) is 0 Å². The number of fused-ring (bicyclic) bond motifs is 5. The van der Waals surface area contributed by atoms with Gasteiger partial charge in [0.25, 0.3) is 0 Å². The van der Waals surface area contributed by atoms with E-state index in [1.807, 2.05) is 0 Å². The molecule has 0 aromatic carbocycles. The molecule has 3 fully saturated rings. The van der Waals surface area contributed by atoms with Crippen molar-refractivity contribution in [2.75, 3.05) is 20.5 Å². The quantitative estimate of drug-likeness (QED) is 0.171. The Balaban J connectivity index is 1.35. The van der Waals surface area contributed by atoms with Gasteiger partial charge in [0.15, 0.2) is 0 Å². The van der Waals surface area contributed by atoms with E-state index >= 15 is 0 Å². The average Bonchev–Trinajstić information content (AvgIpc) is 3.19. The smallest absolute Gasteiger partial charge is 0.302 e. The molecule has 0 amide bonds. The fourth-order valence-electron chi connectivity index (χ4n) is 8.59. The van der Waals surface area contributed by atoms with Crippen molar-refractivity contribution >= 4 is 5.97 Å². The number of allylic oxidation sites excluding steroid dienone is 3. The number of hydrogen-bond acceptors (Lipinski definition) is 4. The molecule has 35 heavy (non-hydrogen) atoms. The molecule has 0 aliphatic heterocycles. The molecular formula is C31H50O4. The monoisotopic (exact) mass is 486 g/mol. The molecule has 4 heteroatoms. The molecule has 1 unspecified atom stereocenters. The molecule has 198 valence electrons. The van der Waals surface area contributed by atoms with Crippen molar-refractivity contribution in [3.05, 3.63) is 23.3 Å².